The molecule has 1 amide bonds. The molecule has 0 saturated heterocycles. The van der Waals surface area contributed by atoms with Crippen molar-refractivity contribution in [1.82, 2.24) is 30.4 Å². The van der Waals surface area contributed by atoms with Gasteiger partial charge in [-0.25, -0.2) is 4.68 Å². The molecule has 0 aromatic carbocycles. The maximum atomic E-state index is 12.7. The van der Waals surface area contributed by atoms with Crippen molar-refractivity contribution in [3.63, 3.8) is 0 Å². The van der Waals surface area contributed by atoms with E-state index >= 15 is 0 Å². The van der Waals surface area contributed by atoms with Crippen molar-refractivity contribution >= 4 is 22.4 Å². The smallest absolute Gasteiger partial charge is 0.254 e. The topological polar surface area (TPSA) is 98.5 Å². The van der Waals surface area contributed by atoms with Gasteiger partial charge in [0.1, 0.15) is 16.9 Å². The third-order valence-corrected chi connectivity index (χ3v) is 4.39. The Balaban J connectivity index is 1.87. The molecule has 2 aromatic rings. The standard InChI is InChI=1S/C11H15N7OS/c1-8-14-15-10(20-8)13-9(19)11(5-3-2-4-6-11)18-7-12-16-17-18/h7H,2-6H2,1H3,(H,13,15,19). The number of amides is 1. The van der Waals surface area contributed by atoms with Gasteiger partial charge in [-0.05, 0) is 30.2 Å². The van der Waals surface area contributed by atoms with E-state index in [4.69, 9.17) is 0 Å². The molecule has 9 heteroatoms. The van der Waals surface area contributed by atoms with E-state index in [9.17, 15) is 4.79 Å². The Hall–Kier alpha value is -1.90. The number of anilines is 1. The molecule has 20 heavy (non-hydrogen) atoms. The molecule has 2 heterocycles. The highest BCUT2D eigenvalue weighted by Crippen LogP contribution is 2.35. The van der Waals surface area contributed by atoms with Crippen molar-refractivity contribution in [3.05, 3.63) is 11.3 Å². The van der Waals surface area contributed by atoms with Gasteiger partial charge < -0.3 is 0 Å². The minimum absolute atomic E-state index is 0.111. The molecular weight excluding hydrogens is 278 g/mol. The summed E-state index contributed by atoms with van der Waals surface area (Å²) >= 11 is 1.36. The van der Waals surface area contributed by atoms with E-state index in [2.05, 4.69) is 31.0 Å². The summed E-state index contributed by atoms with van der Waals surface area (Å²) < 4.78 is 1.58. The summed E-state index contributed by atoms with van der Waals surface area (Å²) in [5.41, 5.74) is -0.707. The maximum Gasteiger partial charge on any atom is 0.254 e. The number of aromatic nitrogens is 6. The first kappa shape index (κ1) is 13.1. The highest BCUT2D eigenvalue weighted by atomic mass is 32.1. The SMILES string of the molecule is Cc1nnc(NC(=O)C2(n3cnnn3)CCCCC2)s1. The molecule has 1 fully saturated rings. The molecule has 8 nitrogen and oxygen atoms in total. The number of nitrogens with zero attached hydrogens (tertiary/aromatic N) is 6. The van der Waals surface area contributed by atoms with Crippen LogP contribution in [0.5, 0.6) is 0 Å². The second kappa shape index (κ2) is 5.23. The summed E-state index contributed by atoms with van der Waals surface area (Å²) in [7, 11) is 0. The molecule has 3 rings (SSSR count). The zero-order chi connectivity index (χ0) is 14.0. The Morgan fingerprint density at radius 1 is 1.35 bits per heavy atom. The second-order valence-corrected chi connectivity index (χ2v) is 6.11. The number of rotatable bonds is 3. The average molecular weight is 293 g/mol. The monoisotopic (exact) mass is 293 g/mol. The van der Waals surface area contributed by atoms with Gasteiger partial charge in [-0.2, -0.15) is 0 Å². The predicted molar refractivity (Wildman–Crippen MR) is 72.2 cm³/mol. The van der Waals surface area contributed by atoms with E-state index in [-0.39, 0.29) is 5.91 Å². The predicted octanol–water partition coefficient (Wildman–Crippen LogP) is 1.13. The first-order chi connectivity index (χ1) is 9.71. The van der Waals surface area contributed by atoms with Crippen LogP contribution in [0.1, 0.15) is 37.1 Å². The van der Waals surface area contributed by atoms with Crippen molar-refractivity contribution in [2.45, 2.75) is 44.6 Å². The van der Waals surface area contributed by atoms with Gasteiger partial charge in [0.25, 0.3) is 5.91 Å². The van der Waals surface area contributed by atoms with Crippen LogP contribution >= 0.6 is 11.3 Å². The molecule has 1 N–H and O–H groups in total. The summed E-state index contributed by atoms with van der Waals surface area (Å²) in [5, 5.41) is 23.3. The summed E-state index contributed by atoms with van der Waals surface area (Å²) in [4.78, 5) is 12.7. The minimum atomic E-state index is -0.707. The molecular formula is C11H15N7OS. The highest BCUT2D eigenvalue weighted by molar-refractivity contribution is 7.15. The van der Waals surface area contributed by atoms with Gasteiger partial charge in [0, 0.05) is 0 Å². The van der Waals surface area contributed by atoms with E-state index in [1.165, 1.54) is 17.7 Å². The van der Waals surface area contributed by atoms with Crippen LogP contribution in [0.15, 0.2) is 6.33 Å². The van der Waals surface area contributed by atoms with Gasteiger partial charge in [0.05, 0.1) is 0 Å². The Morgan fingerprint density at radius 3 is 2.75 bits per heavy atom. The molecule has 0 unspecified atom stereocenters. The fraction of sp³-hybridized carbons (Fsp3) is 0.636. The van der Waals surface area contributed by atoms with Crippen LogP contribution in [0.2, 0.25) is 0 Å². The van der Waals surface area contributed by atoms with E-state index in [1.807, 2.05) is 6.92 Å². The van der Waals surface area contributed by atoms with Crippen LogP contribution in [0.4, 0.5) is 5.13 Å². The molecule has 1 saturated carbocycles. The zero-order valence-electron chi connectivity index (χ0n) is 11.1. The number of carbonyl (C=O) groups excluding carboxylic acids is 1. The Morgan fingerprint density at radius 2 is 2.15 bits per heavy atom. The molecule has 0 aliphatic heterocycles. The molecule has 0 bridgehead atoms. The third-order valence-electron chi connectivity index (χ3n) is 3.64. The largest absolute Gasteiger partial charge is 0.298 e. The third kappa shape index (κ3) is 2.28. The fourth-order valence-corrected chi connectivity index (χ4v) is 3.20. The van der Waals surface area contributed by atoms with Crippen molar-refractivity contribution in [2.75, 3.05) is 5.32 Å². The van der Waals surface area contributed by atoms with E-state index < -0.39 is 5.54 Å². The van der Waals surface area contributed by atoms with Crippen LogP contribution < -0.4 is 5.32 Å². The lowest BCUT2D eigenvalue weighted by molar-refractivity contribution is -0.126. The lowest BCUT2D eigenvalue weighted by Crippen LogP contribution is -2.47. The summed E-state index contributed by atoms with van der Waals surface area (Å²) in [6.45, 7) is 1.85. The van der Waals surface area contributed by atoms with Gasteiger partial charge in [-0.3, -0.25) is 10.1 Å². The first-order valence-electron chi connectivity index (χ1n) is 6.56. The molecule has 106 valence electrons. The second-order valence-electron chi connectivity index (χ2n) is 4.93. The van der Waals surface area contributed by atoms with Crippen LogP contribution in [-0.4, -0.2) is 36.3 Å². The van der Waals surface area contributed by atoms with Crippen LogP contribution in [0.3, 0.4) is 0 Å². The average Bonchev–Trinajstić information content (AvgIpc) is 3.11. The van der Waals surface area contributed by atoms with E-state index in [1.54, 1.807) is 4.68 Å². The molecule has 0 atom stereocenters. The number of hydrogen-bond acceptors (Lipinski definition) is 7. The Bertz CT molecular complexity index is 588. The highest BCUT2D eigenvalue weighted by Gasteiger charge is 2.43. The summed E-state index contributed by atoms with van der Waals surface area (Å²) in [6, 6.07) is 0. The molecule has 0 spiro atoms. The number of hydrogen-bond donors (Lipinski definition) is 1. The molecule has 1 aliphatic carbocycles. The van der Waals surface area contributed by atoms with Gasteiger partial charge in [-0.15, -0.1) is 15.3 Å². The lowest BCUT2D eigenvalue weighted by Gasteiger charge is -2.34. The molecule has 0 radical (unpaired) electrons. The zero-order valence-corrected chi connectivity index (χ0v) is 11.9. The minimum Gasteiger partial charge on any atom is -0.298 e. The quantitative estimate of drug-likeness (QED) is 0.911. The number of tetrazole rings is 1. The normalized spacial score (nSPS) is 17.9. The van der Waals surface area contributed by atoms with Crippen molar-refractivity contribution in [2.24, 2.45) is 0 Å². The van der Waals surface area contributed by atoms with Crippen molar-refractivity contribution < 1.29 is 4.79 Å². The van der Waals surface area contributed by atoms with Gasteiger partial charge >= 0.3 is 0 Å². The maximum absolute atomic E-state index is 12.7. The first-order valence-corrected chi connectivity index (χ1v) is 7.37. The van der Waals surface area contributed by atoms with Crippen LogP contribution in [0, 0.1) is 6.92 Å². The number of aryl methyl sites for hydroxylation is 1. The Kier molecular flexibility index (Phi) is 3.43. The Labute approximate surface area is 119 Å². The fourth-order valence-electron chi connectivity index (χ4n) is 2.61. The summed E-state index contributed by atoms with van der Waals surface area (Å²) in [5.74, 6) is -0.111. The lowest BCUT2D eigenvalue weighted by atomic mass is 9.81. The van der Waals surface area contributed by atoms with Crippen LogP contribution in [0.25, 0.3) is 0 Å². The molecule has 2 aromatic heterocycles. The number of nitrogens with one attached hydrogen (secondary N) is 1. The van der Waals surface area contributed by atoms with Gasteiger partial charge in [0.15, 0.2) is 0 Å². The summed E-state index contributed by atoms with van der Waals surface area (Å²) in [6.07, 6.45) is 6.10. The van der Waals surface area contributed by atoms with Crippen molar-refractivity contribution in [3.8, 4) is 0 Å². The molecule has 1 aliphatic rings. The number of carbonyl (C=O) groups is 1. The van der Waals surface area contributed by atoms with E-state index in [0.29, 0.717) is 5.13 Å². The van der Waals surface area contributed by atoms with Gasteiger partial charge in [-0.1, -0.05) is 30.6 Å². The van der Waals surface area contributed by atoms with E-state index in [0.717, 1.165) is 37.1 Å². The van der Waals surface area contributed by atoms with Crippen LogP contribution in [-0.2, 0) is 10.3 Å². The van der Waals surface area contributed by atoms with Gasteiger partial charge in [0.2, 0.25) is 5.13 Å². The van der Waals surface area contributed by atoms with Crippen molar-refractivity contribution in [1.29, 1.82) is 0 Å².